The zero-order chi connectivity index (χ0) is 57.8. The van der Waals surface area contributed by atoms with E-state index in [-0.39, 0.29) is 31.1 Å². The zero-order valence-corrected chi connectivity index (χ0v) is 51.3. The van der Waals surface area contributed by atoms with Crippen molar-refractivity contribution in [3.63, 3.8) is 0 Å². The van der Waals surface area contributed by atoms with Crippen LogP contribution < -0.4 is 0 Å². The van der Waals surface area contributed by atoms with E-state index in [1.807, 2.05) is 0 Å². The Kier molecular flexibility index (Phi) is 61.9. The van der Waals surface area contributed by atoms with Gasteiger partial charge in [0.05, 0.1) is 0 Å². The van der Waals surface area contributed by atoms with E-state index in [4.69, 9.17) is 14.2 Å². The molecule has 1 unspecified atom stereocenters. The number of hydrogen-bond acceptors (Lipinski definition) is 6. The van der Waals surface area contributed by atoms with Gasteiger partial charge in [-0.25, -0.2) is 0 Å². The fourth-order valence-electron chi connectivity index (χ4n) is 8.23. The highest BCUT2D eigenvalue weighted by Crippen LogP contribution is 2.14. The predicted molar refractivity (Wildman–Crippen MR) is 348 cm³/mol. The standard InChI is InChI=1S/C74H116O6/c1-4-7-10-13-16-19-21-23-25-27-29-31-33-35-37-39-41-43-45-47-49-51-53-55-58-61-64-67-73(76)79-70-71(69-78-72(75)66-63-60-57-18-15-12-9-6-3)80-74(77)68-65-62-59-56-54-52-50-48-46-44-42-40-38-36-34-32-30-28-26-24-22-20-17-14-11-8-5-2/h7-8,10-11,16-17,19-20,23-26,29-32,35-38,41-44,47-50,71H,4-6,9,12-15,18,21-22,27-28,33-34,39-40,45-46,51-70H2,1-3H3/b10-7-,11-8-,19-16-,20-17-,25-23-,26-24-,31-29-,32-30-,37-35-,38-36-,43-41-,44-42-,49-47-,50-48-. The fraction of sp³-hybridized carbons (Fsp3) is 0.581. The van der Waals surface area contributed by atoms with E-state index in [2.05, 4.69) is 191 Å². The van der Waals surface area contributed by atoms with Crippen molar-refractivity contribution in [3.05, 3.63) is 170 Å². The van der Waals surface area contributed by atoms with Gasteiger partial charge in [-0.05, 0) is 135 Å². The average Bonchev–Trinajstić information content (AvgIpc) is 3.46. The highest BCUT2D eigenvalue weighted by atomic mass is 16.6. The van der Waals surface area contributed by atoms with Gasteiger partial charge in [-0.2, -0.15) is 0 Å². The van der Waals surface area contributed by atoms with Crippen LogP contribution in [0.2, 0.25) is 0 Å². The topological polar surface area (TPSA) is 78.9 Å². The van der Waals surface area contributed by atoms with Crippen molar-refractivity contribution in [2.24, 2.45) is 0 Å². The normalized spacial score (nSPS) is 13.3. The van der Waals surface area contributed by atoms with Crippen LogP contribution in [0.1, 0.15) is 258 Å². The third-order valence-corrected chi connectivity index (χ3v) is 13.0. The minimum absolute atomic E-state index is 0.0989. The van der Waals surface area contributed by atoms with Crippen LogP contribution in [0, 0.1) is 0 Å². The molecule has 80 heavy (non-hydrogen) atoms. The molecule has 0 aromatic heterocycles. The molecule has 0 saturated heterocycles. The van der Waals surface area contributed by atoms with Crippen LogP contribution in [0.3, 0.4) is 0 Å². The van der Waals surface area contributed by atoms with E-state index < -0.39 is 6.10 Å². The summed E-state index contributed by atoms with van der Waals surface area (Å²) >= 11 is 0. The SMILES string of the molecule is CC/C=C\C/C=C\C/C=C\C/C=C\C/C=C\C/C=C\C/C=C\CCCCCCCC(=O)OCC(COC(=O)CCCCCCCCCC)OC(=O)CCCCCCC/C=C\C/C=C\C/C=C\C/C=C\C/C=C\C/C=C\C/C=C\CC. The summed E-state index contributed by atoms with van der Waals surface area (Å²) in [6.45, 7) is 6.34. The molecule has 0 aliphatic carbocycles. The highest BCUT2D eigenvalue weighted by molar-refractivity contribution is 5.71. The van der Waals surface area contributed by atoms with Crippen molar-refractivity contribution >= 4 is 17.9 Å². The van der Waals surface area contributed by atoms with Gasteiger partial charge in [0.25, 0.3) is 0 Å². The molecule has 0 aromatic carbocycles. The van der Waals surface area contributed by atoms with Gasteiger partial charge in [0, 0.05) is 19.3 Å². The predicted octanol–water partition coefficient (Wildman–Crippen LogP) is 22.3. The molecule has 0 aliphatic rings. The van der Waals surface area contributed by atoms with E-state index in [0.29, 0.717) is 19.3 Å². The van der Waals surface area contributed by atoms with E-state index >= 15 is 0 Å². The molecule has 6 nitrogen and oxygen atoms in total. The molecule has 0 aliphatic heterocycles. The second kappa shape index (κ2) is 66.3. The maximum Gasteiger partial charge on any atom is 0.306 e. The Labute approximate surface area is 492 Å². The van der Waals surface area contributed by atoms with Crippen molar-refractivity contribution in [1.82, 2.24) is 0 Å². The molecule has 0 aromatic rings. The minimum Gasteiger partial charge on any atom is -0.462 e. The van der Waals surface area contributed by atoms with Crippen molar-refractivity contribution in [1.29, 1.82) is 0 Å². The molecule has 0 fully saturated rings. The first kappa shape index (κ1) is 74.8. The molecule has 6 heteroatoms. The summed E-state index contributed by atoms with van der Waals surface area (Å²) in [5, 5.41) is 0. The molecule has 0 saturated carbocycles. The summed E-state index contributed by atoms with van der Waals surface area (Å²) < 4.78 is 16.8. The zero-order valence-electron chi connectivity index (χ0n) is 51.3. The van der Waals surface area contributed by atoms with Gasteiger partial charge >= 0.3 is 17.9 Å². The molecule has 0 amide bonds. The lowest BCUT2D eigenvalue weighted by molar-refractivity contribution is -0.167. The average molecular weight is 1100 g/mol. The van der Waals surface area contributed by atoms with Gasteiger partial charge in [0.15, 0.2) is 6.10 Å². The third kappa shape index (κ3) is 63.6. The second-order valence-corrected chi connectivity index (χ2v) is 20.6. The third-order valence-electron chi connectivity index (χ3n) is 13.0. The van der Waals surface area contributed by atoms with Gasteiger partial charge in [0.1, 0.15) is 13.2 Å². The van der Waals surface area contributed by atoms with Crippen molar-refractivity contribution in [2.75, 3.05) is 13.2 Å². The number of unbranched alkanes of at least 4 members (excludes halogenated alkanes) is 17. The van der Waals surface area contributed by atoms with Crippen LogP contribution in [-0.2, 0) is 28.6 Å². The first-order chi connectivity index (χ1) is 39.5. The molecule has 0 spiro atoms. The lowest BCUT2D eigenvalue weighted by atomic mass is 10.1. The number of hydrogen-bond donors (Lipinski definition) is 0. The van der Waals surface area contributed by atoms with Crippen molar-refractivity contribution in [2.45, 2.75) is 264 Å². The van der Waals surface area contributed by atoms with Gasteiger partial charge in [-0.3, -0.25) is 14.4 Å². The Hall–Kier alpha value is -5.23. The number of rotatable bonds is 56. The summed E-state index contributed by atoms with van der Waals surface area (Å²) in [6.07, 6.45) is 98.0. The first-order valence-electron chi connectivity index (χ1n) is 32.1. The fourth-order valence-corrected chi connectivity index (χ4v) is 8.23. The van der Waals surface area contributed by atoms with Crippen LogP contribution in [-0.4, -0.2) is 37.2 Å². The van der Waals surface area contributed by atoms with Crippen LogP contribution >= 0.6 is 0 Å². The Morgan fingerprint density at radius 2 is 0.487 bits per heavy atom. The lowest BCUT2D eigenvalue weighted by Gasteiger charge is -2.18. The molecule has 0 rings (SSSR count). The molecule has 448 valence electrons. The van der Waals surface area contributed by atoms with E-state index in [0.717, 1.165) is 186 Å². The second-order valence-electron chi connectivity index (χ2n) is 20.6. The molecule has 1 atom stereocenters. The molecule has 0 radical (unpaired) electrons. The molecule has 0 heterocycles. The van der Waals surface area contributed by atoms with Crippen LogP contribution in [0.25, 0.3) is 0 Å². The number of esters is 3. The van der Waals surface area contributed by atoms with Crippen molar-refractivity contribution < 1.29 is 28.6 Å². The summed E-state index contributed by atoms with van der Waals surface area (Å²) in [5.74, 6) is -0.949. The van der Waals surface area contributed by atoms with Crippen molar-refractivity contribution in [3.8, 4) is 0 Å². The number of ether oxygens (including phenoxy) is 3. The smallest absolute Gasteiger partial charge is 0.306 e. The Morgan fingerprint density at radius 1 is 0.263 bits per heavy atom. The maximum atomic E-state index is 12.9. The summed E-state index contributed by atoms with van der Waals surface area (Å²) in [6, 6.07) is 0. The van der Waals surface area contributed by atoms with Gasteiger partial charge in [0.2, 0.25) is 0 Å². The highest BCUT2D eigenvalue weighted by Gasteiger charge is 2.19. The van der Waals surface area contributed by atoms with E-state index in [1.54, 1.807) is 0 Å². The largest absolute Gasteiger partial charge is 0.462 e. The van der Waals surface area contributed by atoms with E-state index in [9.17, 15) is 14.4 Å². The van der Waals surface area contributed by atoms with Crippen LogP contribution in [0.15, 0.2) is 170 Å². The summed E-state index contributed by atoms with van der Waals surface area (Å²) in [7, 11) is 0. The van der Waals surface area contributed by atoms with Crippen LogP contribution in [0.4, 0.5) is 0 Å². The number of carbonyl (C=O) groups is 3. The monoisotopic (exact) mass is 1100 g/mol. The lowest BCUT2D eigenvalue weighted by Crippen LogP contribution is -2.30. The van der Waals surface area contributed by atoms with Crippen LogP contribution in [0.5, 0.6) is 0 Å². The van der Waals surface area contributed by atoms with Gasteiger partial charge < -0.3 is 14.2 Å². The number of allylic oxidation sites excluding steroid dienone is 28. The quantitative estimate of drug-likeness (QED) is 0.0261. The Balaban J connectivity index is 4.33. The maximum absolute atomic E-state index is 12.9. The number of carbonyl (C=O) groups excluding carboxylic acids is 3. The summed E-state index contributed by atoms with van der Waals surface area (Å²) in [5.41, 5.74) is 0. The molecule has 0 N–H and O–H groups in total. The first-order valence-corrected chi connectivity index (χ1v) is 32.1. The van der Waals surface area contributed by atoms with E-state index in [1.165, 1.54) is 32.1 Å². The van der Waals surface area contributed by atoms with Gasteiger partial charge in [-0.15, -0.1) is 0 Å². The molecular formula is C74H116O6. The minimum atomic E-state index is -0.805. The Bertz CT molecular complexity index is 1840. The molecule has 0 bridgehead atoms. The molecular weight excluding hydrogens is 985 g/mol. The summed E-state index contributed by atoms with van der Waals surface area (Å²) in [4.78, 5) is 38.2. The van der Waals surface area contributed by atoms with Gasteiger partial charge in [-0.1, -0.05) is 274 Å². The Morgan fingerprint density at radius 3 is 0.762 bits per heavy atom.